The van der Waals surface area contributed by atoms with Crippen molar-refractivity contribution in [3.8, 4) is 5.75 Å². The Morgan fingerprint density at radius 2 is 1.63 bits per heavy atom. The van der Waals surface area contributed by atoms with Crippen LogP contribution < -0.4 is 4.43 Å². The Morgan fingerprint density at radius 1 is 1.04 bits per heavy atom. The molecule has 0 unspecified atom stereocenters. The minimum absolute atomic E-state index is 0.117. The molecular formula is C20H33ClO5Si. The van der Waals surface area contributed by atoms with Crippen LogP contribution in [0, 0.1) is 6.92 Å². The molecule has 0 heterocycles. The summed E-state index contributed by atoms with van der Waals surface area (Å²) in [4.78, 5) is 12.2. The third kappa shape index (κ3) is 8.21. The Labute approximate surface area is 169 Å². The van der Waals surface area contributed by atoms with Gasteiger partial charge in [0.2, 0.25) is 8.32 Å². The van der Waals surface area contributed by atoms with Crippen LogP contribution in [0.15, 0.2) is 18.2 Å². The lowest BCUT2D eigenvalue weighted by Crippen LogP contribution is -2.44. The van der Waals surface area contributed by atoms with Gasteiger partial charge in [-0.15, -0.1) is 11.6 Å². The molecule has 0 atom stereocenters. The predicted octanol–water partition coefficient (Wildman–Crippen LogP) is 4.81. The highest BCUT2D eigenvalue weighted by Gasteiger charge is 2.39. The normalized spacial score (nSPS) is 12.1. The average molecular weight is 417 g/mol. The number of ether oxygens (including phenoxy) is 3. The fourth-order valence-electron chi connectivity index (χ4n) is 1.97. The summed E-state index contributed by atoms with van der Waals surface area (Å²) in [5, 5.41) is 0.117. The molecule has 0 aliphatic rings. The minimum atomic E-state index is -1.91. The van der Waals surface area contributed by atoms with Crippen LogP contribution in [0.2, 0.25) is 18.1 Å². The number of aryl methyl sites for hydroxylation is 1. The van der Waals surface area contributed by atoms with E-state index in [2.05, 4.69) is 33.9 Å². The Kier molecular flexibility index (Phi) is 9.80. The number of alkyl halides is 1. The van der Waals surface area contributed by atoms with Crippen LogP contribution in [0.25, 0.3) is 0 Å². The highest BCUT2D eigenvalue weighted by Crippen LogP contribution is 2.38. The average Bonchev–Trinajstić information content (AvgIpc) is 2.57. The zero-order valence-electron chi connectivity index (χ0n) is 17.4. The van der Waals surface area contributed by atoms with Crippen LogP contribution >= 0.6 is 11.6 Å². The summed E-state index contributed by atoms with van der Waals surface area (Å²) < 4.78 is 22.1. The van der Waals surface area contributed by atoms with Crippen molar-refractivity contribution in [1.29, 1.82) is 0 Å². The molecular weight excluding hydrogens is 384 g/mol. The van der Waals surface area contributed by atoms with Crippen molar-refractivity contribution in [3.63, 3.8) is 0 Å². The van der Waals surface area contributed by atoms with E-state index in [-0.39, 0.29) is 17.6 Å². The molecule has 0 amide bonds. The smallest absolute Gasteiger partial charge is 0.338 e. The highest BCUT2D eigenvalue weighted by molar-refractivity contribution is 6.74. The molecule has 0 aliphatic carbocycles. The van der Waals surface area contributed by atoms with Crippen molar-refractivity contribution in [2.45, 2.75) is 45.8 Å². The van der Waals surface area contributed by atoms with E-state index in [1.165, 1.54) is 0 Å². The fraction of sp³-hybridized carbons (Fsp3) is 0.650. The van der Waals surface area contributed by atoms with E-state index < -0.39 is 8.32 Å². The first-order valence-corrected chi connectivity index (χ1v) is 12.7. The number of hydrogen-bond acceptors (Lipinski definition) is 5. The van der Waals surface area contributed by atoms with Crippen LogP contribution in [0.3, 0.4) is 0 Å². The number of carbonyl (C=O) groups is 1. The summed E-state index contributed by atoms with van der Waals surface area (Å²) >= 11 is 5.50. The lowest BCUT2D eigenvalue weighted by molar-refractivity contribution is 0.0166. The quantitative estimate of drug-likeness (QED) is 0.224. The second kappa shape index (κ2) is 11.0. The number of hydrogen-bond donors (Lipinski definition) is 0. The topological polar surface area (TPSA) is 54.0 Å². The van der Waals surface area contributed by atoms with Crippen molar-refractivity contribution >= 4 is 25.9 Å². The number of carbonyl (C=O) groups excluding carboxylic acids is 1. The second-order valence-corrected chi connectivity index (χ2v) is 13.0. The predicted molar refractivity (Wildman–Crippen MR) is 112 cm³/mol. The Morgan fingerprint density at radius 3 is 2.19 bits per heavy atom. The highest BCUT2D eigenvalue weighted by atomic mass is 35.5. The Bertz CT molecular complexity index is 599. The lowest BCUT2D eigenvalue weighted by atomic mass is 10.1. The number of rotatable bonds is 11. The molecule has 0 saturated heterocycles. The van der Waals surface area contributed by atoms with Gasteiger partial charge >= 0.3 is 5.97 Å². The van der Waals surface area contributed by atoms with Crippen molar-refractivity contribution in [3.05, 3.63) is 29.3 Å². The molecule has 7 heteroatoms. The molecule has 0 radical (unpaired) electrons. The van der Waals surface area contributed by atoms with Crippen LogP contribution in [0.1, 0.15) is 36.7 Å². The van der Waals surface area contributed by atoms with E-state index in [4.69, 9.17) is 30.2 Å². The maximum Gasteiger partial charge on any atom is 0.338 e. The Balaban J connectivity index is 2.48. The zero-order valence-corrected chi connectivity index (χ0v) is 19.1. The van der Waals surface area contributed by atoms with E-state index in [1.807, 2.05) is 19.1 Å². The van der Waals surface area contributed by atoms with Gasteiger partial charge in [-0.05, 0) is 48.8 Å². The fourth-order valence-corrected chi connectivity index (χ4v) is 3.17. The molecule has 0 aromatic heterocycles. The molecule has 1 rings (SSSR count). The first-order valence-electron chi connectivity index (χ1n) is 9.27. The van der Waals surface area contributed by atoms with E-state index >= 15 is 0 Å². The third-order valence-corrected chi connectivity index (χ3v) is 9.13. The molecule has 1 aromatic carbocycles. The number of halogens is 1. The maximum atomic E-state index is 12.2. The summed E-state index contributed by atoms with van der Waals surface area (Å²) in [5.41, 5.74) is 1.45. The van der Waals surface area contributed by atoms with Gasteiger partial charge in [0, 0.05) is 5.88 Å². The first kappa shape index (κ1) is 24.0. The molecule has 0 N–H and O–H groups in total. The third-order valence-electron chi connectivity index (χ3n) is 4.64. The summed E-state index contributed by atoms with van der Waals surface area (Å²) in [6.07, 6.45) is 0. The maximum absolute atomic E-state index is 12.2. The van der Waals surface area contributed by atoms with Crippen LogP contribution in [-0.4, -0.2) is 53.2 Å². The van der Waals surface area contributed by atoms with E-state index in [1.54, 1.807) is 6.07 Å². The van der Waals surface area contributed by atoms with E-state index in [0.29, 0.717) is 37.9 Å². The molecule has 0 fully saturated rings. The van der Waals surface area contributed by atoms with Gasteiger partial charge in [0.15, 0.2) is 0 Å². The van der Waals surface area contributed by atoms with Gasteiger partial charge in [0.25, 0.3) is 0 Å². The van der Waals surface area contributed by atoms with Crippen LogP contribution in [0.4, 0.5) is 0 Å². The van der Waals surface area contributed by atoms with Gasteiger partial charge in [-0.3, -0.25) is 0 Å². The second-order valence-electron chi connectivity index (χ2n) is 7.89. The molecule has 154 valence electrons. The minimum Gasteiger partial charge on any atom is -0.543 e. The van der Waals surface area contributed by atoms with Gasteiger partial charge in [0.1, 0.15) is 12.4 Å². The van der Waals surface area contributed by atoms with E-state index in [9.17, 15) is 4.79 Å². The molecule has 27 heavy (non-hydrogen) atoms. The molecule has 0 saturated carbocycles. The SMILES string of the molecule is Cc1cc(C(=O)OCCOCCOCCCl)ccc1O[Si](C)(C)C(C)(C)C. The summed E-state index contributed by atoms with van der Waals surface area (Å²) in [6, 6.07) is 5.42. The Hall–Kier alpha value is -1.08. The van der Waals surface area contributed by atoms with Crippen molar-refractivity contribution in [2.75, 3.05) is 38.9 Å². The zero-order chi connectivity index (χ0) is 20.5. The molecule has 5 nitrogen and oxygen atoms in total. The first-order chi connectivity index (χ1) is 12.6. The van der Waals surface area contributed by atoms with Crippen molar-refractivity contribution in [2.24, 2.45) is 0 Å². The molecule has 0 spiro atoms. The number of esters is 1. The summed E-state index contributed by atoms with van der Waals surface area (Å²) in [7, 11) is -1.91. The molecule has 0 aliphatic heterocycles. The van der Waals surface area contributed by atoms with Crippen molar-refractivity contribution < 1.29 is 23.4 Å². The monoisotopic (exact) mass is 416 g/mol. The lowest BCUT2D eigenvalue weighted by Gasteiger charge is -2.37. The van der Waals surface area contributed by atoms with Gasteiger partial charge in [-0.1, -0.05) is 20.8 Å². The molecule has 1 aromatic rings. The largest absolute Gasteiger partial charge is 0.543 e. The van der Waals surface area contributed by atoms with Gasteiger partial charge in [0.05, 0.1) is 32.0 Å². The van der Waals surface area contributed by atoms with Crippen LogP contribution in [0.5, 0.6) is 5.75 Å². The van der Waals surface area contributed by atoms with E-state index in [0.717, 1.165) is 11.3 Å². The summed E-state index contributed by atoms with van der Waals surface area (Å²) in [6.45, 7) is 14.9. The van der Waals surface area contributed by atoms with Crippen LogP contribution in [-0.2, 0) is 14.2 Å². The molecule has 0 bridgehead atoms. The summed E-state index contributed by atoms with van der Waals surface area (Å²) in [5.74, 6) is 0.939. The van der Waals surface area contributed by atoms with Gasteiger partial charge in [-0.2, -0.15) is 0 Å². The van der Waals surface area contributed by atoms with Gasteiger partial charge in [-0.25, -0.2) is 4.79 Å². The van der Waals surface area contributed by atoms with Gasteiger partial charge < -0.3 is 18.6 Å². The van der Waals surface area contributed by atoms with Crippen molar-refractivity contribution in [1.82, 2.24) is 0 Å². The standard InChI is InChI=1S/C20H33ClO5Si/c1-16-15-17(7-8-18(16)26-27(5,6)20(2,3)4)19(22)25-14-13-24-12-11-23-10-9-21/h7-8,15H,9-14H2,1-6H3. The number of benzene rings is 1.